The van der Waals surface area contributed by atoms with Gasteiger partial charge in [0.05, 0.1) is 5.56 Å². The summed E-state index contributed by atoms with van der Waals surface area (Å²) in [6.45, 7) is 0. The molecule has 1 heterocycles. The highest BCUT2D eigenvalue weighted by atomic mass is 32.1. The Kier molecular flexibility index (Phi) is 3.35. The molecule has 0 bridgehead atoms. The highest BCUT2D eigenvalue weighted by Gasteiger charge is 2.12. The van der Waals surface area contributed by atoms with E-state index in [4.69, 9.17) is 5.11 Å². The van der Waals surface area contributed by atoms with Gasteiger partial charge in [-0.1, -0.05) is 54.6 Å². The molecule has 0 aliphatic rings. The van der Waals surface area contributed by atoms with Gasteiger partial charge in [0.25, 0.3) is 0 Å². The SMILES string of the molecule is O=C(O)c1cscc1-c1ccc(-c2ccccc2)cc1. The van der Waals surface area contributed by atoms with Gasteiger partial charge in [0, 0.05) is 10.9 Å². The molecule has 2 nitrogen and oxygen atoms in total. The van der Waals surface area contributed by atoms with Gasteiger partial charge in [-0.05, 0) is 22.1 Å². The maximum atomic E-state index is 11.2. The summed E-state index contributed by atoms with van der Waals surface area (Å²) in [4.78, 5) is 11.2. The number of thiophene rings is 1. The summed E-state index contributed by atoms with van der Waals surface area (Å²) >= 11 is 1.41. The summed E-state index contributed by atoms with van der Waals surface area (Å²) in [5, 5.41) is 12.7. The van der Waals surface area contributed by atoms with Gasteiger partial charge in [-0.3, -0.25) is 0 Å². The second kappa shape index (κ2) is 5.31. The smallest absolute Gasteiger partial charge is 0.337 e. The van der Waals surface area contributed by atoms with Crippen LogP contribution in [0, 0.1) is 0 Å². The quantitative estimate of drug-likeness (QED) is 0.749. The zero-order valence-corrected chi connectivity index (χ0v) is 11.4. The minimum Gasteiger partial charge on any atom is -0.478 e. The normalized spacial score (nSPS) is 10.4. The third-order valence-electron chi connectivity index (χ3n) is 3.20. The topological polar surface area (TPSA) is 37.3 Å². The van der Waals surface area contributed by atoms with Gasteiger partial charge in [0.1, 0.15) is 0 Å². The van der Waals surface area contributed by atoms with Gasteiger partial charge in [-0.25, -0.2) is 4.79 Å². The minimum atomic E-state index is -0.881. The fourth-order valence-corrected chi connectivity index (χ4v) is 2.99. The van der Waals surface area contributed by atoms with E-state index in [1.807, 2.05) is 47.8 Å². The van der Waals surface area contributed by atoms with Crippen molar-refractivity contribution in [3.8, 4) is 22.3 Å². The van der Waals surface area contributed by atoms with E-state index in [1.54, 1.807) is 5.38 Å². The van der Waals surface area contributed by atoms with Crippen LogP contribution in [-0.2, 0) is 0 Å². The monoisotopic (exact) mass is 280 g/mol. The minimum absolute atomic E-state index is 0.363. The van der Waals surface area contributed by atoms with Crippen LogP contribution in [0.5, 0.6) is 0 Å². The van der Waals surface area contributed by atoms with E-state index in [1.165, 1.54) is 11.3 Å². The Balaban J connectivity index is 1.98. The molecule has 0 amide bonds. The van der Waals surface area contributed by atoms with Gasteiger partial charge in [0.2, 0.25) is 0 Å². The molecule has 1 N–H and O–H groups in total. The fraction of sp³-hybridized carbons (Fsp3) is 0. The molecular formula is C17H12O2S. The first kappa shape index (κ1) is 12.6. The third-order valence-corrected chi connectivity index (χ3v) is 3.94. The summed E-state index contributed by atoms with van der Waals surface area (Å²) in [6, 6.07) is 18.1. The van der Waals surface area contributed by atoms with Crippen molar-refractivity contribution >= 4 is 17.3 Å². The van der Waals surface area contributed by atoms with Crippen LogP contribution in [0.4, 0.5) is 0 Å². The Labute approximate surface area is 121 Å². The summed E-state index contributed by atoms with van der Waals surface area (Å²) in [5.74, 6) is -0.881. The van der Waals surface area contributed by atoms with Gasteiger partial charge in [-0.15, -0.1) is 0 Å². The van der Waals surface area contributed by atoms with E-state index in [9.17, 15) is 4.79 Å². The summed E-state index contributed by atoms with van der Waals surface area (Å²) < 4.78 is 0. The molecule has 0 fully saturated rings. The van der Waals surface area contributed by atoms with Crippen LogP contribution in [0.2, 0.25) is 0 Å². The standard InChI is InChI=1S/C17H12O2S/c18-17(19)16-11-20-10-15(16)14-8-6-13(7-9-14)12-4-2-1-3-5-12/h1-11H,(H,18,19). The first-order valence-corrected chi connectivity index (χ1v) is 7.15. The van der Waals surface area contributed by atoms with Crippen LogP contribution in [0.15, 0.2) is 65.4 Å². The summed E-state index contributed by atoms with van der Waals surface area (Å²) in [6.07, 6.45) is 0. The average molecular weight is 280 g/mol. The molecule has 20 heavy (non-hydrogen) atoms. The molecule has 0 saturated heterocycles. The van der Waals surface area contributed by atoms with Crippen molar-refractivity contribution in [1.82, 2.24) is 0 Å². The molecule has 3 aromatic rings. The maximum Gasteiger partial charge on any atom is 0.337 e. The first-order valence-electron chi connectivity index (χ1n) is 6.21. The van der Waals surface area contributed by atoms with Crippen molar-refractivity contribution in [2.45, 2.75) is 0 Å². The van der Waals surface area contributed by atoms with Crippen molar-refractivity contribution in [3.05, 3.63) is 70.9 Å². The average Bonchev–Trinajstić information content (AvgIpc) is 2.98. The lowest BCUT2D eigenvalue weighted by atomic mass is 10.00. The van der Waals surface area contributed by atoms with E-state index >= 15 is 0 Å². The summed E-state index contributed by atoms with van der Waals surface area (Å²) in [5.41, 5.74) is 4.36. The van der Waals surface area contributed by atoms with E-state index in [0.29, 0.717) is 5.56 Å². The molecule has 0 spiro atoms. The molecule has 2 aromatic carbocycles. The van der Waals surface area contributed by atoms with Crippen molar-refractivity contribution < 1.29 is 9.90 Å². The lowest BCUT2D eigenvalue weighted by Crippen LogP contribution is -1.95. The predicted molar refractivity (Wildman–Crippen MR) is 82.2 cm³/mol. The molecule has 98 valence electrons. The van der Waals surface area contributed by atoms with Crippen LogP contribution < -0.4 is 0 Å². The van der Waals surface area contributed by atoms with E-state index in [0.717, 1.165) is 22.3 Å². The molecule has 3 rings (SSSR count). The number of aromatic carboxylic acids is 1. The number of carboxylic acids is 1. The Morgan fingerprint density at radius 1 is 0.800 bits per heavy atom. The van der Waals surface area contributed by atoms with Crippen LogP contribution in [0.3, 0.4) is 0 Å². The number of benzene rings is 2. The Morgan fingerprint density at radius 2 is 1.40 bits per heavy atom. The zero-order valence-electron chi connectivity index (χ0n) is 10.6. The lowest BCUT2D eigenvalue weighted by molar-refractivity contribution is 0.0698. The zero-order chi connectivity index (χ0) is 13.9. The van der Waals surface area contributed by atoms with Gasteiger partial charge < -0.3 is 5.11 Å². The number of hydrogen-bond donors (Lipinski definition) is 1. The molecule has 0 atom stereocenters. The van der Waals surface area contributed by atoms with Crippen LogP contribution >= 0.6 is 11.3 Å². The fourth-order valence-electron chi connectivity index (χ4n) is 2.16. The van der Waals surface area contributed by atoms with Crippen molar-refractivity contribution in [3.63, 3.8) is 0 Å². The molecular weight excluding hydrogens is 268 g/mol. The Bertz CT molecular complexity index is 727. The number of rotatable bonds is 3. The van der Waals surface area contributed by atoms with Crippen LogP contribution in [-0.4, -0.2) is 11.1 Å². The largest absolute Gasteiger partial charge is 0.478 e. The highest BCUT2D eigenvalue weighted by molar-refractivity contribution is 7.08. The molecule has 0 aliphatic heterocycles. The van der Waals surface area contributed by atoms with Gasteiger partial charge >= 0.3 is 5.97 Å². The molecule has 0 saturated carbocycles. The van der Waals surface area contributed by atoms with Crippen molar-refractivity contribution in [1.29, 1.82) is 0 Å². The second-order valence-electron chi connectivity index (χ2n) is 4.45. The van der Waals surface area contributed by atoms with E-state index < -0.39 is 5.97 Å². The van der Waals surface area contributed by atoms with Gasteiger partial charge in [-0.2, -0.15) is 11.3 Å². The van der Waals surface area contributed by atoms with Gasteiger partial charge in [0.15, 0.2) is 0 Å². The van der Waals surface area contributed by atoms with E-state index in [2.05, 4.69) is 12.1 Å². The van der Waals surface area contributed by atoms with Crippen LogP contribution in [0.25, 0.3) is 22.3 Å². The van der Waals surface area contributed by atoms with E-state index in [-0.39, 0.29) is 0 Å². The number of carboxylic acid groups (broad SMARTS) is 1. The molecule has 0 unspecified atom stereocenters. The Hall–Kier alpha value is -2.39. The predicted octanol–water partition coefficient (Wildman–Crippen LogP) is 4.78. The van der Waals surface area contributed by atoms with Crippen LogP contribution in [0.1, 0.15) is 10.4 Å². The van der Waals surface area contributed by atoms with Crippen molar-refractivity contribution in [2.75, 3.05) is 0 Å². The lowest BCUT2D eigenvalue weighted by Gasteiger charge is -2.04. The second-order valence-corrected chi connectivity index (χ2v) is 5.19. The maximum absolute atomic E-state index is 11.2. The first-order chi connectivity index (χ1) is 9.75. The Morgan fingerprint density at radius 3 is 2.05 bits per heavy atom. The molecule has 0 aliphatic carbocycles. The number of hydrogen-bond acceptors (Lipinski definition) is 2. The molecule has 0 radical (unpaired) electrons. The summed E-state index contributed by atoms with van der Waals surface area (Å²) in [7, 11) is 0. The highest BCUT2D eigenvalue weighted by Crippen LogP contribution is 2.29. The number of carbonyl (C=O) groups is 1. The van der Waals surface area contributed by atoms with Crippen molar-refractivity contribution in [2.24, 2.45) is 0 Å². The molecule has 3 heteroatoms. The molecule has 1 aromatic heterocycles. The third kappa shape index (κ3) is 2.36.